The molecule has 0 aliphatic heterocycles. The molecule has 0 saturated carbocycles. The molecule has 3 nitrogen and oxygen atoms in total. The van der Waals surface area contributed by atoms with E-state index in [0.717, 1.165) is 0 Å². The lowest BCUT2D eigenvalue weighted by Crippen LogP contribution is -2.00. The first-order valence-corrected chi connectivity index (χ1v) is 6.61. The third-order valence-corrected chi connectivity index (χ3v) is 5.08. The molecule has 2 N–H and O–H groups in total. The van der Waals surface area contributed by atoms with Gasteiger partial charge in [-0.25, -0.2) is 8.42 Å². The highest BCUT2D eigenvalue weighted by Gasteiger charge is 2.18. The number of benzene rings is 1. The van der Waals surface area contributed by atoms with Crippen molar-refractivity contribution in [2.24, 2.45) is 0 Å². The maximum absolute atomic E-state index is 12.0. The number of nitrogen functional groups attached to an aromatic ring is 1. The van der Waals surface area contributed by atoms with Crippen LogP contribution in [0.5, 0.6) is 0 Å². The standard InChI is InChI=1S/C10H9NO2S2/c11-8-3-1-4-9(7-8)15(12,13)10-5-2-6-14-10/h1-7H,11H2. The number of thiophene rings is 1. The molecule has 2 aromatic rings. The van der Waals surface area contributed by atoms with Gasteiger partial charge in [-0.2, -0.15) is 0 Å². The van der Waals surface area contributed by atoms with E-state index in [1.807, 2.05) is 0 Å². The molecule has 0 amide bonds. The number of hydrogen-bond donors (Lipinski definition) is 1. The monoisotopic (exact) mass is 239 g/mol. The molecular weight excluding hydrogens is 230 g/mol. The molecule has 15 heavy (non-hydrogen) atoms. The fraction of sp³-hybridized carbons (Fsp3) is 0. The Balaban J connectivity index is 2.57. The van der Waals surface area contributed by atoms with Crippen LogP contribution in [0.1, 0.15) is 0 Å². The zero-order chi connectivity index (χ0) is 10.9. The van der Waals surface area contributed by atoms with Gasteiger partial charge in [-0.3, -0.25) is 0 Å². The van der Waals surface area contributed by atoms with Crippen LogP contribution in [0.25, 0.3) is 0 Å². The van der Waals surface area contributed by atoms with E-state index in [-0.39, 0.29) is 4.90 Å². The molecule has 0 fully saturated rings. The Labute approximate surface area is 92.1 Å². The Morgan fingerprint density at radius 2 is 1.93 bits per heavy atom. The summed E-state index contributed by atoms with van der Waals surface area (Å²) in [5, 5.41) is 1.74. The Hall–Kier alpha value is -1.33. The molecule has 0 unspecified atom stereocenters. The van der Waals surface area contributed by atoms with E-state index in [4.69, 9.17) is 5.73 Å². The van der Waals surface area contributed by atoms with E-state index < -0.39 is 9.84 Å². The second-order valence-corrected chi connectivity index (χ2v) is 6.13. The van der Waals surface area contributed by atoms with Crippen molar-refractivity contribution in [2.45, 2.75) is 9.10 Å². The van der Waals surface area contributed by atoms with Crippen LogP contribution in [0.4, 0.5) is 5.69 Å². The van der Waals surface area contributed by atoms with Gasteiger partial charge in [-0.1, -0.05) is 12.1 Å². The van der Waals surface area contributed by atoms with E-state index in [0.29, 0.717) is 9.90 Å². The third-order valence-electron chi connectivity index (χ3n) is 1.93. The lowest BCUT2D eigenvalue weighted by molar-refractivity contribution is 0.598. The fourth-order valence-corrected chi connectivity index (χ4v) is 3.66. The first-order valence-electron chi connectivity index (χ1n) is 4.25. The van der Waals surface area contributed by atoms with Crippen molar-refractivity contribution in [1.29, 1.82) is 0 Å². The van der Waals surface area contributed by atoms with Crippen molar-refractivity contribution in [3.8, 4) is 0 Å². The number of anilines is 1. The predicted molar refractivity (Wildman–Crippen MR) is 60.6 cm³/mol. The SMILES string of the molecule is Nc1cccc(S(=O)(=O)c2cccs2)c1. The summed E-state index contributed by atoms with van der Waals surface area (Å²) < 4.78 is 24.3. The summed E-state index contributed by atoms with van der Waals surface area (Å²) in [5.41, 5.74) is 6.00. The van der Waals surface area contributed by atoms with Gasteiger partial charge in [0.2, 0.25) is 9.84 Å². The Bertz CT molecular complexity index is 559. The predicted octanol–water partition coefficient (Wildman–Crippen LogP) is 2.16. The molecule has 0 radical (unpaired) electrons. The molecule has 78 valence electrons. The fourth-order valence-electron chi connectivity index (χ4n) is 1.21. The van der Waals surface area contributed by atoms with Gasteiger partial charge < -0.3 is 5.73 Å². The molecule has 1 aromatic heterocycles. The van der Waals surface area contributed by atoms with Crippen LogP contribution in [-0.4, -0.2) is 8.42 Å². The first-order chi connectivity index (χ1) is 7.10. The average molecular weight is 239 g/mol. The lowest BCUT2D eigenvalue weighted by atomic mass is 10.3. The minimum atomic E-state index is -3.38. The Kier molecular flexibility index (Phi) is 2.50. The van der Waals surface area contributed by atoms with Gasteiger partial charge in [0, 0.05) is 5.69 Å². The van der Waals surface area contributed by atoms with Crippen molar-refractivity contribution in [1.82, 2.24) is 0 Å². The van der Waals surface area contributed by atoms with Gasteiger partial charge in [0.25, 0.3) is 0 Å². The number of sulfone groups is 1. The first kappa shape index (κ1) is 10.2. The smallest absolute Gasteiger partial charge is 0.216 e. The molecule has 5 heteroatoms. The normalized spacial score (nSPS) is 11.5. The molecule has 0 spiro atoms. The van der Waals surface area contributed by atoms with E-state index in [1.54, 1.807) is 35.7 Å². The Morgan fingerprint density at radius 3 is 2.53 bits per heavy atom. The average Bonchev–Trinajstić information content (AvgIpc) is 2.71. The molecule has 1 heterocycles. The summed E-state index contributed by atoms with van der Waals surface area (Å²) in [4.78, 5) is 0.241. The quantitative estimate of drug-likeness (QED) is 0.817. The zero-order valence-corrected chi connectivity index (χ0v) is 9.38. The van der Waals surface area contributed by atoms with Crippen molar-refractivity contribution in [3.05, 3.63) is 41.8 Å². The lowest BCUT2D eigenvalue weighted by Gasteiger charge is -2.02. The molecule has 0 bridgehead atoms. The second-order valence-electron chi connectivity index (χ2n) is 3.01. The van der Waals surface area contributed by atoms with Crippen molar-refractivity contribution < 1.29 is 8.42 Å². The van der Waals surface area contributed by atoms with Crippen LogP contribution in [0.3, 0.4) is 0 Å². The Morgan fingerprint density at radius 1 is 1.13 bits per heavy atom. The molecule has 1 aromatic carbocycles. The van der Waals surface area contributed by atoms with Crippen LogP contribution < -0.4 is 5.73 Å². The van der Waals surface area contributed by atoms with E-state index in [1.165, 1.54) is 17.4 Å². The molecule has 2 rings (SSSR count). The third kappa shape index (κ3) is 1.88. The number of rotatable bonds is 2. The van der Waals surface area contributed by atoms with Crippen molar-refractivity contribution in [2.75, 3.05) is 5.73 Å². The topological polar surface area (TPSA) is 60.2 Å². The van der Waals surface area contributed by atoms with Crippen LogP contribution in [0, 0.1) is 0 Å². The second kappa shape index (κ2) is 3.67. The van der Waals surface area contributed by atoms with Gasteiger partial charge >= 0.3 is 0 Å². The maximum atomic E-state index is 12.0. The highest BCUT2D eigenvalue weighted by Crippen LogP contribution is 2.25. The highest BCUT2D eigenvalue weighted by molar-refractivity contribution is 7.93. The summed E-state index contributed by atoms with van der Waals surface area (Å²) in [6.07, 6.45) is 0. The summed E-state index contributed by atoms with van der Waals surface area (Å²) >= 11 is 1.20. The molecular formula is C10H9NO2S2. The molecule has 0 aliphatic carbocycles. The zero-order valence-electron chi connectivity index (χ0n) is 7.75. The minimum Gasteiger partial charge on any atom is -0.399 e. The summed E-state index contributed by atoms with van der Waals surface area (Å²) in [7, 11) is -3.38. The van der Waals surface area contributed by atoms with E-state index >= 15 is 0 Å². The van der Waals surface area contributed by atoms with Gasteiger partial charge in [-0.05, 0) is 29.6 Å². The van der Waals surface area contributed by atoms with Crippen LogP contribution in [0.15, 0.2) is 50.9 Å². The van der Waals surface area contributed by atoms with Crippen molar-refractivity contribution >= 4 is 26.9 Å². The largest absolute Gasteiger partial charge is 0.399 e. The van der Waals surface area contributed by atoms with Crippen LogP contribution >= 0.6 is 11.3 Å². The summed E-state index contributed by atoms with van der Waals surface area (Å²) in [6, 6.07) is 9.61. The highest BCUT2D eigenvalue weighted by atomic mass is 32.2. The van der Waals surface area contributed by atoms with Gasteiger partial charge in [0.15, 0.2) is 0 Å². The van der Waals surface area contributed by atoms with Gasteiger partial charge in [0.1, 0.15) is 4.21 Å². The maximum Gasteiger partial charge on any atom is 0.216 e. The van der Waals surface area contributed by atoms with Gasteiger partial charge in [0.05, 0.1) is 4.90 Å². The molecule has 0 aliphatic rings. The number of nitrogens with two attached hydrogens (primary N) is 1. The summed E-state index contributed by atoms with van der Waals surface area (Å²) in [5.74, 6) is 0. The van der Waals surface area contributed by atoms with Crippen molar-refractivity contribution in [3.63, 3.8) is 0 Å². The van der Waals surface area contributed by atoms with Crippen LogP contribution in [-0.2, 0) is 9.84 Å². The van der Waals surface area contributed by atoms with E-state index in [9.17, 15) is 8.42 Å². The minimum absolute atomic E-state index is 0.241. The van der Waals surface area contributed by atoms with Crippen LogP contribution in [0.2, 0.25) is 0 Å². The number of hydrogen-bond acceptors (Lipinski definition) is 4. The molecule has 0 saturated heterocycles. The molecule has 0 atom stereocenters. The summed E-state index contributed by atoms with van der Waals surface area (Å²) in [6.45, 7) is 0. The van der Waals surface area contributed by atoms with E-state index in [2.05, 4.69) is 0 Å². The van der Waals surface area contributed by atoms with Gasteiger partial charge in [-0.15, -0.1) is 11.3 Å².